The Morgan fingerprint density at radius 3 is 1.54 bits per heavy atom. The highest BCUT2D eigenvalue weighted by atomic mass is 16.5. The molecule has 0 amide bonds. The summed E-state index contributed by atoms with van der Waals surface area (Å²) >= 11 is 0. The Balaban J connectivity index is 0.000000425. The molecule has 35 heavy (non-hydrogen) atoms. The molecule has 1 fully saturated rings. The van der Waals surface area contributed by atoms with Gasteiger partial charge in [-0.3, -0.25) is 4.90 Å². The molecule has 1 aliphatic rings. The summed E-state index contributed by atoms with van der Waals surface area (Å²) in [6.07, 6.45) is -0.00182. The van der Waals surface area contributed by atoms with E-state index in [-0.39, 0.29) is 6.10 Å². The van der Waals surface area contributed by atoms with Gasteiger partial charge in [0.05, 0.1) is 6.61 Å². The van der Waals surface area contributed by atoms with Gasteiger partial charge in [0, 0.05) is 25.7 Å². The molecule has 4 N–H and O–H groups in total. The Bertz CT molecular complexity index is 866. The van der Waals surface area contributed by atoms with Crippen molar-refractivity contribution in [2.75, 3.05) is 40.3 Å². The predicted octanol–water partition coefficient (Wildman–Crippen LogP) is 1.35. The van der Waals surface area contributed by atoms with Crippen LogP contribution in [-0.2, 0) is 23.9 Å². The third-order valence-electron chi connectivity index (χ3n) is 5.01. The van der Waals surface area contributed by atoms with Gasteiger partial charge in [0.1, 0.15) is 6.10 Å². The largest absolute Gasteiger partial charge is 0.473 e. The summed E-state index contributed by atoms with van der Waals surface area (Å²) in [7, 11) is 4.38. The van der Waals surface area contributed by atoms with E-state index in [1.807, 2.05) is 0 Å². The van der Waals surface area contributed by atoms with Crippen LogP contribution in [-0.4, -0.2) is 100 Å². The van der Waals surface area contributed by atoms with Crippen molar-refractivity contribution in [2.45, 2.75) is 12.1 Å². The first-order valence-corrected chi connectivity index (χ1v) is 10.6. The summed E-state index contributed by atoms with van der Waals surface area (Å²) in [4.78, 5) is 41.2. The zero-order chi connectivity index (χ0) is 26.4. The smallest absolute Gasteiger partial charge is 0.414 e. The maximum absolute atomic E-state index is 9.10. The third kappa shape index (κ3) is 11.3. The minimum absolute atomic E-state index is 0.00182. The molecule has 0 saturated carbocycles. The number of piperazine rings is 1. The lowest BCUT2D eigenvalue weighted by molar-refractivity contribution is -0.159. The van der Waals surface area contributed by atoms with Gasteiger partial charge in [-0.1, -0.05) is 60.7 Å². The highest BCUT2D eigenvalue weighted by Crippen LogP contribution is 2.26. The van der Waals surface area contributed by atoms with Gasteiger partial charge in [0.2, 0.25) is 0 Å². The van der Waals surface area contributed by atoms with Crippen LogP contribution in [0.5, 0.6) is 0 Å². The summed E-state index contributed by atoms with van der Waals surface area (Å²) in [5.41, 5.74) is 2.43. The molecule has 0 bridgehead atoms. The Kier molecular flexibility index (Phi) is 12.7. The SMILES string of the molecule is CN1CCN(C)C(COC(c2ccccc2)c2ccccc2)C1.O=C(O)C(=O)O.O=C(O)C(=O)O. The van der Waals surface area contributed by atoms with Crippen LogP contribution in [0.2, 0.25) is 0 Å². The van der Waals surface area contributed by atoms with Crippen LogP contribution in [0, 0.1) is 0 Å². The fraction of sp³-hybridized carbons (Fsp3) is 0.333. The average Bonchev–Trinajstić information content (AvgIpc) is 2.83. The van der Waals surface area contributed by atoms with Crippen molar-refractivity contribution in [3.63, 3.8) is 0 Å². The standard InChI is InChI=1S/C20H26N2O.2C2H2O4/c1-21-13-14-22(2)19(15-21)16-23-20(17-9-5-3-6-10-17)18-11-7-4-8-12-18;2*3-1(4)2(5)6/h3-12,19-20H,13-16H2,1-2H3;2*(H,3,4)(H,5,6). The summed E-state index contributed by atoms with van der Waals surface area (Å²) in [6.45, 7) is 4.04. The Labute approximate surface area is 202 Å². The molecule has 0 radical (unpaired) electrons. The molecule has 190 valence electrons. The second-order valence-electron chi connectivity index (χ2n) is 7.65. The van der Waals surface area contributed by atoms with Crippen molar-refractivity contribution in [2.24, 2.45) is 0 Å². The fourth-order valence-electron chi connectivity index (χ4n) is 3.13. The van der Waals surface area contributed by atoms with Crippen molar-refractivity contribution >= 4 is 23.9 Å². The van der Waals surface area contributed by atoms with E-state index in [0.29, 0.717) is 6.04 Å². The van der Waals surface area contributed by atoms with Gasteiger partial charge < -0.3 is 30.1 Å². The van der Waals surface area contributed by atoms with E-state index in [2.05, 4.69) is 84.6 Å². The first-order valence-electron chi connectivity index (χ1n) is 10.6. The van der Waals surface area contributed by atoms with Crippen LogP contribution in [0.1, 0.15) is 17.2 Å². The Morgan fingerprint density at radius 1 is 0.771 bits per heavy atom. The minimum atomic E-state index is -1.82. The van der Waals surface area contributed by atoms with Crippen LogP contribution < -0.4 is 0 Å². The number of benzene rings is 2. The molecular weight excluding hydrogens is 460 g/mol. The molecule has 1 heterocycles. The summed E-state index contributed by atoms with van der Waals surface area (Å²) in [5.74, 6) is -7.30. The summed E-state index contributed by atoms with van der Waals surface area (Å²) in [5, 5.41) is 29.6. The molecule has 11 heteroatoms. The molecular formula is C24H30N2O9. The first-order chi connectivity index (χ1) is 16.5. The topological polar surface area (TPSA) is 165 Å². The Hall–Kier alpha value is -3.80. The van der Waals surface area contributed by atoms with E-state index >= 15 is 0 Å². The second kappa shape index (κ2) is 15.2. The first kappa shape index (κ1) is 29.2. The van der Waals surface area contributed by atoms with Gasteiger partial charge in [-0.2, -0.15) is 0 Å². The van der Waals surface area contributed by atoms with Gasteiger partial charge in [0.15, 0.2) is 0 Å². The number of carboxylic acid groups (broad SMARTS) is 4. The molecule has 0 aliphatic carbocycles. The van der Waals surface area contributed by atoms with Crippen molar-refractivity contribution < 1.29 is 44.3 Å². The van der Waals surface area contributed by atoms with Crippen molar-refractivity contribution in [1.82, 2.24) is 9.80 Å². The Morgan fingerprint density at radius 2 is 1.17 bits per heavy atom. The van der Waals surface area contributed by atoms with E-state index in [1.165, 1.54) is 11.1 Å². The molecule has 3 rings (SSSR count). The maximum Gasteiger partial charge on any atom is 0.414 e. The highest BCUT2D eigenvalue weighted by molar-refractivity contribution is 6.27. The lowest BCUT2D eigenvalue weighted by Crippen LogP contribution is -2.52. The lowest BCUT2D eigenvalue weighted by atomic mass is 10.0. The van der Waals surface area contributed by atoms with Crippen molar-refractivity contribution in [3.05, 3.63) is 71.8 Å². The van der Waals surface area contributed by atoms with Crippen LogP contribution in [0.15, 0.2) is 60.7 Å². The fourth-order valence-corrected chi connectivity index (χ4v) is 3.13. The third-order valence-corrected chi connectivity index (χ3v) is 5.01. The molecule has 1 unspecified atom stereocenters. The number of rotatable bonds is 5. The number of hydrogen-bond donors (Lipinski definition) is 4. The van der Waals surface area contributed by atoms with Crippen LogP contribution in [0.3, 0.4) is 0 Å². The maximum atomic E-state index is 9.10. The normalized spacial score (nSPS) is 15.7. The molecule has 2 aromatic carbocycles. The van der Waals surface area contributed by atoms with Crippen LogP contribution in [0.4, 0.5) is 0 Å². The zero-order valence-electron chi connectivity index (χ0n) is 19.5. The lowest BCUT2D eigenvalue weighted by Gasteiger charge is -2.38. The molecule has 0 aromatic heterocycles. The molecule has 2 aromatic rings. The summed E-state index contributed by atoms with van der Waals surface area (Å²) in [6, 6.07) is 21.5. The molecule has 1 atom stereocenters. The monoisotopic (exact) mass is 490 g/mol. The zero-order valence-corrected chi connectivity index (χ0v) is 19.5. The number of carboxylic acids is 4. The highest BCUT2D eigenvalue weighted by Gasteiger charge is 2.24. The van der Waals surface area contributed by atoms with Gasteiger partial charge in [-0.25, -0.2) is 19.2 Å². The quantitative estimate of drug-likeness (QED) is 0.447. The molecule has 11 nitrogen and oxygen atoms in total. The second-order valence-corrected chi connectivity index (χ2v) is 7.65. The molecule has 1 aliphatic heterocycles. The van der Waals surface area contributed by atoms with E-state index in [4.69, 9.17) is 44.3 Å². The molecule has 0 spiro atoms. The number of hydrogen-bond acceptors (Lipinski definition) is 7. The predicted molar refractivity (Wildman–Crippen MR) is 125 cm³/mol. The van der Waals surface area contributed by atoms with Gasteiger partial charge in [-0.15, -0.1) is 0 Å². The van der Waals surface area contributed by atoms with Gasteiger partial charge in [0.25, 0.3) is 0 Å². The number of nitrogens with zero attached hydrogens (tertiary/aromatic N) is 2. The van der Waals surface area contributed by atoms with Crippen LogP contribution >= 0.6 is 0 Å². The van der Waals surface area contributed by atoms with Gasteiger partial charge >= 0.3 is 23.9 Å². The van der Waals surface area contributed by atoms with Crippen molar-refractivity contribution in [3.8, 4) is 0 Å². The number of likely N-dealkylation sites (N-methyl/N-ethyl adjacent to an activating group) is 2. The van der Waals surface area contributed by atoms with Crippen molar-refractivity contribution in [1.29, 1.82) is 0 Å². The average molecular weight is 491 g/mol. The van der Waals surface area contributed by atoms with E-state index < -0.39 is 23.9 Å². The minimum Gasteiger partial charge on any atom is -0.473 e. The molecule has 1 saturated heterocycles. The summed E-state index contributed by atoms with van der Waals surface area (Å²) < 4.78 is 6.40. The van der Waals surface area contributed by atoms with E-state index in [0.717, 1.165) is 26.2 Å². The number of ether oxygens (including phenoxy) is 1. The van der Waals surface area contributed by atoms with E-state index in [1.54, 1.807) is 0 Å². The van der Waals surface area contributed by atoms with E-state index in [9.17, 15) is 0 Å². The number of carbonyl (C=O) groups is 4. The van der Waals surface area contributed by atoms with Crippen LogP contribution in [0.25, 0.3) is 0 Å². The van der Waals surface area contributed by atoms with Gasteiger partial charge in [-0.05, 0) is 25.2 Å². The number of aliphatic carboxylic acids is 4.